The first kappa shape index (κ1) is 13.9. The van der Waals surface area contributed by atoms with Crippen LogP contribution in [0.1, 0.15) is 36.2 Å². The summed E-state index contributed by atoms with van der Waals surface area (Å²) in [5.41, 5.74) is 8.12. The number of anilines is 1. The average Bonchev–Trinajstić information content (AvgIpc) is 2.41. The van der Waals surface area contributed by atoms with Gasteiger partial charge in [-0.3, -0.25) is 4.79 Å². The summed E-state index contributed by atoms with van der Waals surface area (Å²) in [6, 6.07) is 5.66. The first-order valence-corrected chi connectivity index (χ1v) is 6.82. The molecule has 1 aromatic rings. The molecule has 0 bridgehead atoms. The lowest BCUT2D eigenvalue weighted by Crippen LogP contribution is -2.51. The van der Waals surface area contributed by atoms with Crippen molar-refractivity contribution in [3.05, 3.63) is 29.3 Å². The summed E-state index contributed by atoms with van der Waals surface area (Å²) < 4.78 is 5.63. The van der Waals surface area contributed by atoms with Gasteiger partial charge in [0.1, 0.15) is 0 Å². The number of ether oxygens (including phenoxy) is 1. The predicted octanol–water partition coefficient (Wildman–Crippen LogP) is 2.22. The Labute approximate surface area is 114 Å². The highest BCUT2D eigenvalue weighted by atomic mass is 16.5. The van der Waals surface area contributed by atoms with Crippen LogP contribution in [0.4, 0.5) is 5.69 Å². The molecule has 19 heavy (non-hydrogen) atoms. The van der Waals surface area contributed by atoms with Gasteiger partial charge < -0.3 is 15.4 Å². The number of amides is 1. The van der Waals surface area contributed by atoms with E-state index in [2.05, 4.69) is 6.92 Å². The molecule has 0 aromatic heterocycles. The van der Waals surface area contributed by atoms with E-state index in [1.807, 2.05) is 36.9 Å². The number of carbonyl (C=O) groups excluding carboxylic acids is 1. The monoisotopic (exact) mass is 262 g/mol. The maximum absolute atomic E-state index is 12.7. The van der Waals surface area contributed by atoms with Crippen molar-refractivity contribution < 1.29 is 9.53 Å². The van der Waals surface area contributed by atoms with Crippen molar-refractivity contribution in [2.45, 2.75) is 39.3 Å². The number of nitrogens with two attached hydrogens (primary N) is 1. The highest BCUT2D eigenvalue weighted by molar-refractivity contribution is 5.97. The van der Waals surface area contributed by atoms with Crippen molar-refractivity contribution in [2.75, 3.05) is 18.9 Å². The Morgan fingerprint density at radius 3 is 2.95 bits per heavy atom. The van der Waals surface area contributed by atoms with Gasteiger partial charge in [0, 0.05) is 17.8 Å². The smallest absolute Gasteiger partial charge is 0.254 e. The second-order valence-electron chi connectivity index (χ2n) is 5.18. The predicted molar refractivity (Wildman–Crippen MR) is 76.1 cm³/mol. The third-order valence-corrected chi connectivity index (χ3v) is 3.81. The number of benzene rings is 1. The van der Waals surface area contributed by atoms with Crippen molar-refractivity contribution in [3.8, 4) is 0 Å². The summed E-state index contributed by atoms with van der Waals surface area (Å²) in [4.78, 5) is 14.6. The molecule has 4 nitrogen and oxygen atoms in total. The summed E-state index contributed by atoms with van der Waals surface area (Å²) in [6.45, 7) is 7.23. The molecule has 1 amide bonds. The van der Waals surface area contributed by atoms with Crippen LogP contribution in [0.15, 0.2) is 18.2 Å². The van der Waals surface area contributed by atoms with Crippen LogP contribution in [0.3, 0.4) is 0 Å². The molecule has 0 radical (unpaired) electrons. The molecule has 1 fully saturated rings. The number of carbonyl (C=O) groups is 1. The fraction of sp³-hybridized carbons (Fsp3) is 0.533. The van der Waals surface area contributed by atoms with Crippen molar-refractivity contribution in [3.63, 3.8) is 0 Å². The molecular weight excluding hydrogens is 240 g/mol. The van der Waals surface area contributed by atoms with E-state index in [4.69, 9.17) is 10.5 Å². The first-order valence-electron chi connectivity index (χ1n) is 6.82. The molecular formula is C15H22N2O2. The standard InChI is InChI=1S/C15H22N2O2/c1-4-12-9-19-10(2)8-17(12)15(18)13-6-5-7-14(16)11(13)3/h5-7,10,12H,4,8-9,16H2,1-3H3. The maximum Gasteiger partial charge on any atom is 0.254 e. The maximum atomic E-state index is 12.7. The molecule has 1 saturated heterocycles. The zero-order chi connectivity index (χ0) is 14.0. The second-order valence-corrected chi connectivity index (χ2v) is 5.18. The molecule has 104 valence electrons. The molecule has 1 heterocycles. The molecule has 2 atom stereocenters. The Bertz CT molecular complexity index is 473. The van der Waals surface area contributed by atoms with Crippen molar-refractivity contribution in [1.29, 1.82) is 0 Å². The number of hydrogen-bond acceptors (Lipinski definition) is 3. The van der Waals surface area contributed by atoms with Gasteiger partial charge in [0.2, 0.25) is 0 Å². The summed E-state index contributed by atoms with van der Waals surface area (Å²) in [5, 5.41) is 0. The molecule has 0 saturated carbocycles. The third kappa shape index (κ3) is 2.73. The van der Waals surface area contributed by atoms with Crippen LogP contribution in [0.25, 0.3) is 0 Å². The molecule has 0 aliphatic carbocycles. The number of morpholine rings is 1. The number of nitrogens with zero attached hydrogens (tertiary/aromatic N) is 1. The van der Waals surface area contributed by atoms with E-state index in [-0.39, 0.29) is 18.1 Å². The SMILES string of the molecule is CCC1COC(C)CN1C(=O)c1cccc(N)c1C. The van der Waals surface area contributed by atoms with Gasteiger partial charge in [-0.15, -0.1) is 0 Å². The van der Waals surface area contributed by atoms with Crippen LogP contribution in [-0.4, -0.2) is 36.1 Å². The normalized spacial score (nSPS) is 23.4. The molecule has 1 aliphatic heterocycles. The fourth-order valence-corrected chi connectivity index (χ4v) is 2.47. The Hall–Kier alpha value is -1.55. The van der Waals surface area contributed by atoms with Crippen molar-refractivity contribution in [1.82, 2.24) is 4.90 Å². The Morgan fingerprint density at radius 1 is 1.53 bits per heavy atom. The third-order valence-electron chi connectivity index (χ3n) is 3.81. The van der Waals surface area contributed by atoms with Crippen LogP contribution >= 0.6 is 0 Å². The van der Waals surface area contributed by atoms with Gasteiger partial charge in [-0.05, 0) is 38.0 Å². The molecule has 2 N–H and O–H groups in total. The van der Waals surface area contributed by atoms with E-state index in [1.54, 1.807) is 0 Å². The summed E-state index contributed by atoms with van der Waals surface area (Å²) in [5.74, 6) is 0.0619. The molecule has 1 aliphatic rings. The van der Waals surface area contributed by atoms with Crippen LogP contribution in [0.5, 0.6) is 0 Å². The largest absolute Gasteiger partial charge is 0.398 e. The first-order chi connectivity index (χ1) is 9.04. The Morgan fingerprint density at radius 2 is 2.26 bits per heavy atom. The highest BCUT2D eigenvalue weighted by Gasteiger charge is 2.30. The fourth-order valence-electron chi connectivity index (χ4n) is 2.47. The van der Waals surface area contributed by atoms with Crippen LogP contribution < -0.4 is 5.73 Å². The zero-order valence-electron chi connectivity index (χ0n) is 11.8. The molecule has 1 aromatic carbocycles. The van der Waals surface area contributed by atoms with E-state index in [9.17, 15) is 4.79 Å². The summed E-state index contributed by atoms with van der Waals surface area (Å²) in [6.07, 6.45) is 0.993. The van der Waals surface area contributed by atoms with E-state index < -0.39 is 0 Å². The van der Waals surface area contributed by atoms with E-state index >= 15 is 0 Å². The summed E-state index contributed by atoms with van der Waals surface area (Å²) >= 11 is 0. The molecule has 4 heteroatoms. The minimum Gasteiger partial charge on any atom is -0.398 e. The lowest BCUT2D eigenvalue weighted by molar-refractivity contribution is -0.0444. The molecule has 0 spiro atoms. The van der Waals surface area contributed by atoms with Gasteiger partial charge in [-0.2, -0.15) is 0 Å². The van der Waals surface area contributed by atoms with Crippen LogP contribution in [-0.2, 0) is 4.74 Å². The van der Waals surface area contributed by atoms with Gasteiger partial charge in [0.05, 0.1) is 18.8 Å². The molecule has 2 unspecified atom stereocenters. The molecule has 2 rings (SSSR count). The second kappa shape index (κ2) is 5.61. The van der Waals surface area contributed by atoms with Gasteiger partial charge >= 0.3 is 0 Å². The number of nitrogen functional groups attached to an aromatic ring is 1. The highest BCUT2D eigenvalue weighted by Crippen LogP contribution is 2.22. The Balaban J connectivity index is 2.28. The van der Waals surface area contributed by atoms with Crippen molar-refractivity contribution in [2.24, 2.45) is 0 Å². The number of rotatable bonds is 2. The minimum atomic E-state index is 0.0619. The van der Waals surface area contributed by atoms with Crippen LogP contribution in [0.2, 0.25) is 0 Å². The van der Waals surface area contributed by atoms with E-state index in [1.165, 1.54) is 0 Å². The van der Waals surface area contributed by atoms with Gasteiger partial charge in [-0.1, -0.05) is 13.0 Å². The minimum absolute atomic E-state index is 0.0619. The Kier molecular flexibility index (Phi) is 4.10. The average molecular weight is 262 g/mol. The van der Waals surface area contributed by atoms with E-state index in [0.29, 0.717) is 24.4 Å². The van der Waals surface area contributed by atoms with E-state index in [0.717, 1.165) is 12.0 Å². The lowest BCUT2D eigenvalue weighted by Gasteiger charge is -2.38. The number of hydrogen-bond donors (Lipinski definition) is 1. The van der Waals surface area contributed by atoms with Gasteiger partial charge in [0.25, 0.3) is 5.91 Å². The zero-order valence-corrected chi connectivity index (χ0v) is 11.8. The van der Waals surface area contributed by atoms with Gasteiger partial charge in [0.15, 0.2) is 0 Å². The van der Waals surface area contributed by atoms with Crippen LogP contribution in [0, 0.1) is 6.92 Å². The topological polar surface area (TPSA) is 55.6 Å². The van der Waals surface area contributed by atoms with Gasteiger partial charge in [-0.25, -0.2) is 0 Å². The van der Waals surface area contributed by atoms with Crippen molar-refractivity contribution >= 4 is 11.6 Å². The quantitative estimate of drug-likeness (QED) is 0.831. The lowest BCUT2D eigenvalue weighted by atomic mass is 10.0. The summed E-state index contributed by atoms with van der Waals surface area (Å²) in [7, 11) is 0.